The van der Waals surface area contributed by atoms with Crippen LogP contribution in [-0.4, -0.2) is 53.3 Å². The Hall–Kier alpha value is -2.39. The maximum absolute atomic E-state index is 13.5. The largest absolute Gasteiger partial charge is 0.445 e. The number of hydrogen-bond donors (Lipinski definition) is 0. The highest BCUT2D eigenvalue weighted by Gasteiger charge is 2.44. The number of likely N-dealkylation sites (tertiary alicyclic amines) is 1. The molecule has 1 amide bonds. The van der Waals surface area contributed by atoms with Crippen LogP contribution in [0.2, 0.25) is 28.2 Å². The fraction of sp³-hybridized carbons (Fsp3) is 0.483. The SMILES string of the molecule is CC(C)(C)[Si](C)(C)O[C@H]1CCCN(C(=O)OCc2ccccc2)[C@@H]1CC(=O)Cn1cnc2c(Cl)c(Cl)ccc21. The second-order valence-electron chi connectivity index (χ2n) is 11.7. The van der Waals surface area contributed by atoms with Gasteiger partial charge in [-0.3, -0.25) is 4.79 Å². The number of nitrogens with zero attached hydrogens (tertiary/aromatic N) is 3. The first kappa shape index (κ1) is 29.6. The van der Waals surface area contributed by atoms with E-state index < -0.39 is 20.5 Å². The Labute approximate surface area is 241 Å². The van der Waals surface area contributed by atoms with Crippen LogP contribution in [0.3, 0.4) is 0 Å². The van der Waals surface area contributed by atoms with Gasteiger partial charge in [0.05, 0.1) is 40.6 Å². The molecule has 2 atom stereocenters. The van der Waals surface area contributed by atoms with Crippen LogP contribution in [0, 0.1) is 0 Å². The summed E-state index contributed by atoms with van der Waals surface area (Å²) < 4.78 is 14.3. The molecular weight excluding hydrogens is 553 g/mol. The van der Waals surface area contributed by atoms with E-state index in [0.717, 1.165) is 23.9 Å². The van der Waals surface area contributed by atoms with Crippen molar-refractivity contribution in [2.24, 2.45) is 0 Å². The van der Waals surface area contributed by atoms with E-state index in [1.165, 1.54) is 0 Å². The quantitative estimate of drug-likeness (QED) is 0.254. The van der Waals surface area contributed by atoms with Crippen molar-refractivity contribution in [2.75, 3.05) is 6.54 Å². The molecule has 1 aliphatic rings. The Kier molecular flexibility index (Phi) is 9.11. The lowest BCUT2D eigenvalue weighted by atomic mass is 9.95. The van der Waals surface area contributed by atoms with Crippen LogP contribution in [0.25, 0.3) is 11.0 Å². The normalized spacial score (nSPS) is 18.4. The molecule has 39 heavy (non-hydrogen) atoms. The first-order valence-electron chi connectivity index (χ1n) is 13.3. The summed E-state index contributed by atoms with van der Waals surface area (Å²) in [4.78, 5) is 32.9. The van der Waals surface area contributed by atoms with E-state index in [9.17, 15) is 9.59 Å². The summed E-state index contributed by atoms with van der Waals surface area (Å²) >= 11 is 12.4. The number of fused-ring (bicyclic) bond motifs is 1. The van der Waals surface area contributed by atoms with Crippen molar-refractivity contribution in [1.29, 1.82) is 0 Å². The van der Waals surface area contributed by atoms with Crippen molar-refractivity contribution in [3.05, 3.63) is 64.4 Å². The molecule has 3 aromatic rings. The number of hydrogen-bond acceptors (Lipinski definition) is 5. The van der Waals surface area contributed by atoms with E-state index in [2.05, 4.69) is 38.8 Å². The number of imidazole rings is 1. The monoisotopic (exact) mass is 589 g/mol. The maximum atomic E-state index is 13.5. The summed E-state index contributed by atoms with van der Waals surface area (Å²) in [7, 11) is -2.16. The molecule has 0 radical (unpaired) electrons. The molecule has 210 valence electrons. The fourth-order valence-corrected chi connectivity index (χ4v) is 6.42. The zero-order valence-electron chi connectivity index (χ0n) is 23.2. The third kappa shape index (κ3) is 6.85. The van der Waals surface area contributed by atoms with Crippen molar-refractivity contribution in [3.8, 4) is 0 Å². The Bertz CT molecular complexity index is 1320. The first-order valence-corrected chi connectivity index (χ1v) is 17.0. The van der Waals surface area contributed by atoms with Gasteiger partial charge in [-0.15, -0.1) is 0 Å². The molecule has 2 aromatic carbocycles. The third-order valence-corrected chi connectivity index (χ3v) is 13.2. The van der Waals surface area contributed by atoms with Crippen molar-refractivity contribution < 1.29 is 18.8 Å². The number of aromatic nitrogens is 2. The van der Waals surface area contributed by atoms with E-state index in [1.807, 2.05) is 30.3 Å². The molecule has 2 heterocycles. The average Bonchev–Trinajstić information content (AvgIpc) is 3.28. The van der Waals surface area contributed by atoms with Crippen LogP contribution >= 0.6 is 23.2 Å². The van der Waals surface area contributed by atoms with Crippen molar-refractivity contribution in [3.63, 3.8) is 0 Å². The Morgan fingerprint density at radius 2 is 1.82 bits per heavy atom. The lowest BCUT2D eigenvalue weighted by molar-refractivity contribution is -0.122. The van der Waals surface area contributed by atoms with Crippen LogP contribution in [0.4, 0.5) is 4.79 Å². The Morgan fingerprint density at radius 3 is 2.51 bits per heavy atom. The van der Waals surface area contributed by atoms with E-state index in [4.69, 9.17) is 32.4 Å². The van der Waals surface area contributed by atoms with Gasteiger partial charge < -0.3 is 18.6 Å². The van der Waals surface area contributed by atoms with Crippen molar-refractivity contribution in [2.45, 2.75) is 83.5 Å². The van der Waals surface area contributed by atoms with E-state index >= 15 is 0 Å². The minimum Gasteiger partial charge on any atom is -0.445 e. The number of carbonyl (C=O) groups excluding carboxylic acids is 2. The van der Waals surface area contributed by atoms with E-state index in [1.54, 1.807) is 27.9 Å². The van der Waals surface area contributed by atoms with Gasteiger partial charge in [-0.05, 0) is 48.7 Å². The molecule has 0 bridgehead atoms. The molecule has 1 fully saturated rings. The van der Waals surface area contributed by atoms with Gasteiger partial charge in [0.2, 0.25) is 0 Å². The number of piperidine rings is 1. The predicted octanol–water partition coefficient (Wildman–Crippen LogP) is 7.49. The molecule has 0 N–H and O–H groups in total. The van der Waals surface area contributed by atoms with Gasteiger partial charge in [0, 0.05) is 13.0 Å². The second-order valence-corrected chi connectivity index (χ2v) is 17.2. The zero-order valence-corrected chi connectivity index (χ0v) is 25.8. The third-order valence-electron chi connectivity index (χ3n) is 7.88. The molecule has 10 heteroatoms. The topological polar surface area (TPSA) is 73.7 Å². The molecule has 0 spiro atoms. The molecule has 0 unspecified atom stereocenters. The van der Waals surface area contributed by atoms with Crippen LogP contribution in [-0.2, 0) is 27.1 Å². The number of benzene rings is 2. The Morgan fingerprint density at radius 1 is 1.10 bits per heavy atom. The number of ether oxygens (including phenoxy) is 1. The minimum absolute atomic E-state index is 0.00603. The molecule has 4 rings (SSSR count). The van der Waals surface area contributed by atoms with E-state index in [-0.39, 0.29) is 36.5 Å². The first-order chi connectivity index (χ1) is 18.4. The number of rotatable bonds is 8. The highest BCUT2D eigenvalue weighted by atomic mass is 35.5. The lowest BCUT2D eigenvalue weighted by Crippen LogP contribution is -2.56. The number of amides is 1. The Balaban J connectivity index is 1.55. The average molecular weight is 591 g/mol. The molecule has 1 aliphatic heterocycles. The molecular formula is C29H37Cl2N3O4Si. The van der Waals surface area contributed by atoms with Gasteiger partial charge in [-0.2, -0.15) is 0 Å². The van der Waals surface area contributed by atoms with Crippen LogP contribution in [0.1, 0.15) is 45.6 Å². The van der Waals surface area contributed by atoms with E-state index in [0.29, 0.717) is 22.1 Å². The molecule has 7 nitrogen and oxygen atoms in total. The molecule has 1 aromatic heterocycles. The zero-order chi connectivity index (χ0) is 28.4. The highest BCUT2D eigenvalue weighted by Crippen LogP contribution is 2.39. The van der Waals surface area contributed by atoms with Gasteiger partial charge in [-0.25, -0.2) is 9.78 Å². The summed E-state index contributed by atoms with van der Waals surface area (Å²) in [6.45, 7) is 11.8. The van der Waals surface area contributed by atoms with Gasteiger partial charge in [0.15, 0.2) is 14.1 Å². The number of halogens is 2. The predicted molar refractivity (Wildman–Crippen MR) is 158 cm³/mol. The van der Waals surface area contributed by atoms with Gasteiger partial charge >= 0.3 is 6.09 Å². The summed E-state index contributed by atoms with van der Waals surface area (Å²) in [5.41, 5.74) is 2.20. The molecule has 0 aliphatic carbocycles. The lowest BCUT2D eigenvalue weighted by Gasteiger charge is -2.46. The van der Waals surface area contributed by atoms with Crippen LogP contribution in [0.5, 0.6) is 0 Å². The number of Topliss-reactive ketones (excluding diaryl/α,β-unsaturated/α-hetero) is 1. The summed E-state index contributed by atoms with van der Waals surface area (Å²) in [6.07, 6.45) is 2.66. The second kappa shape index (κ2) is 12.0. The number of ketones is 1. The van der Waals surface area contributed by atoms with Crippen LogP contribution < -0.4 is 0 Å². The molecule has 0 saturated carbocycles. The van der Waals surface area contributed by atoms with Crippen molar-refractivity contribution >= 4 is 54.4 Å². The van der Waals surface area contributed by atoms with Gasteiger partial charge in [0.1, 0.15) is 12.1 Å². The fourth-order valence-electron chi connectivity index (χ4n) is 4.67. The number of carbonyl (C=O) groups is 2. The van der Waals surface area contributed by atoms with Gasteiger partial charge in [-0.1, -0.05) is 74.3 Å². The highest BCUT2D eigenvalue weighted by molar-refractivity contribution is 6.74. The standard InChI is InChI=1S/C29H37Cl2N3O4Si/c1-29(2,3)39(4,5)38-25-12-9-15-34(28(36)37-18-20-10-7-6-8-11-20)24(25)16-21(35)17-33-19-32-27-23(33)14-13-22(30)26(27)31/h6-8,10-11,13-14,19,24-25H,9,12,15-18H2,1-5H3/t24-,25+/m1/s1. The smallest absolute Gasteiger partial charge is 0.410 e. The summed E-state index contributed by atoms with van der Waals surface area (Å²) in [6, 6.07) is 12.7. The van der Waals surface area contributed by atoms with Crippen LogP contribution in [0.15, 0.2) is 48.8 Å². The molecule has 1 saturated heterocycles. The van der Waals surface area contributed by atoms with Gasteiger partial charge in [0.25, 0.3) is 0 Å². The summed E-state index contributed by atoms with van der Waals surface area (Å²) in [5.74, 6) is -0.0306. The minimum atomic E-state index is -2.16. The summed E-state index contributed by atoms with van der Waals surface area (Å²) in [5, 5.41) is 0.773. The maximum Gasteiger partial charge on any atom is 0.410 e. The van der Waals surface area contributed by atoms with Crippen molar-refractivity contribution in [1.82, 2.24) is 14.5 Å².